The van der Waals surface area contributed by atoms with Crippen molar-refractivity contribution in [3.05, 3.63) is 0 Å². The van der Waals surface area contributed by atoms with E-state index in [2.05, 4.69) is 26.1 Å². The average Bonchev–Trinajstić information content (AvgIpc) is 2.14. The van der Waals surface area contributed by atoms with Gasteiger partial charge in [0.25, 0.3) is 0 Å². The van der Waals surface area contributed by atoms with Crippen molar-refractivity contribution in [2.75, 3.05) is 20.3 Å². The largest absolute Gasteiger partial charge is 0.385 e. The van der Waals surface area contributed by atoms with E-state index in [1.54, 1.807) is 7.11 Å². The first kappa shape index (κ1) is 13.9. The third-order valence-corrected chi connectivity index (χ3v) is 2.45. The molecule has 0 aliphatic rings. The zero-order chi connectivity index (χ0) is 10.8. The third kappa shape index (κ3) is 10.0. The second-order valence-electron chi connectivity index (χ2n) is 4.53. The molecule has 2 heteroatoms. The van der Waals surface area contributed by atoms with Gasteiger partial charge in [-0.3, -0.25) is 0 Å². The first-order chi connectivity index (χ1) is 6.66. The fourth-order valence-corrected chi connectivity index (χ4v) is 1.41. The number of hydrogen-bond acceptors (Lipinski definition) is 2. The Morgan fingerprint density at radius 3 is 2.36 bits per heavy atom. The highest BCUT2D eigenvalue weighted by atomic mass is 16.5. The van der Waals surface area contributed by atoms with Crippen LogP contribution in [0.2, 0.25) is 0 Å². The molecule has 0 bridgehead atoms. The van der Waals surface area contributed by atoms with Crippen molar-refractivity contribution in [1.82, 2.24) is 5.32 Å². The standard InChI is InChI=1S/C12H27NO/c1-11(2)7-8-12(3)13-9-5-6-10-14-4/h11-13H,5-10H2,1-4H3. The minimum absolute atomic E-state index is 0.667. The summed E-state index contributed by atoms with van der Waals surface area (Å²) in [5.41, 5.74) is 0. The zero-order valence-corrected chi connectivity index (χ0v) is 10.3. The lowest BCUT2D eigenvalue weighted by atomic mass is 10.0. The van der Waals surface area contributed by atoms with E-state index < -0.39 is 0 Å². The number of nitrogens with one attached hydrogen (secondary N) is 1. The SMILES string of the molecule is COCCCCNC(C)CCC(C)C. The molecule has 0 radical (unpaired) electrons. The van der Waals surface area contributed by atoms with Gasteiger partial charge in [0.15, 0.2) is 0 Å². The van der Waals surface area contributed by atoms with E-state index in [0.29, 0.717) is 6.04 Å². The molecule has 0 amide bonds. The highest BCUT2D eigenvalue weighted by Crippen LogP contribution is 2.06. The summed E-state index contributed by atoms with van der Waals surface area (Å²) in [6.07, 6.45) is 5.01. The van der Waals surface area contributed by atoms with Gasteiger partial charge in [-0.15, -0.1) is 0 Å². The van der Waals surface area contributed by atoms with E-state index in [1.165, 1.54) is 25.7 Å². The molecule has 1 N–H and O–H groups in total. The Morgan fingerprint density at radius 2 is 1.79 bits per heavy atom. The summed E-state index contributed by atoms with van der Waals surface area (Å²) in [6.45, 7) is 8.86. The van der Waals surface area contributed by atoms with Crippen LogP contribution >= 0.6 is 0 Å². The monoisotopic (exact) mass is 201 g/mol. The number of ether oxygens (including phenoxy) is 1. The Morgan fingerprint density at radius 1 is 1.07 bits per heavy atom. The summed E-state index contributed by atoms with van der Waals surface area (Å²) in [6, 6.07) is 0.667. The molecule has 1 unspecified atom stereocenters. The molecule has 0 fully saturated rings. The van der Waals surface area contributed by atoms with Crippen LogP contribution in [-0.4, -0.2) is 26.3 Å². The van der Waals surface area contributed by atoms with Gasteiger partial charge in [-0.1, -0.05) is 13.8 Å². The Labute approximate surface area is 89.4 Å². The summed E-state index contributed by atoms with van der Waals surface area (Å²) in [4.78, 5) is 0. The summed E-state index contributed by atoms with van der Waals surface area (Å²) in [5.74, 6) is 0.827. The van der Waals surface area contributed by atoms with Crippen LogP contribution < -0.4 is 5.32 Å². The van der Waals surface area contributed by atoms with E-state index in [1.807, 2.05) is 0 Å². The van der Waals surface area contributed by atoms with Gasteiger partial charge < -0.3 is 10.1 Å². The van der Waals surface area contributed by atoms with Gasteiger partial charge >= 0.3 is 0 Å². The number of unbranched alkanes of at least 4 members (excludes halogenated alkanes) is 1. The first-order valence-electron chi connectivity index (χ1n) is 5.89. The van der Waals surface area contributed by atoms with Crippen molar-refractivity contribution in [3.63, 3.8) is 0 Å². The van der Waals surface area contributed by atoms with Crippen LogP contribution in [0, 0.1) is 5.92 Å². The van der Waals surface area contributed by atoms with Crippen LogP contribution in [0.5, 0.6) is 0 Å². The number of methoxy groups -OCH3 is 1. The van der Waals surface area contributed by atoms with Crippen molar-refractivity contribution in [2.45, 2.75) is 52.5 Å². The van der Waals surface area contributed by atoms with Crippen LogP contribution in [0.25, 0.3) is 0 Å². The summed E-state index contributed by atoms with van der Waals surface area (Å²) >= 11 is 0. The van der Waals surface area contributed by atoms with Crippen LogP contribution in [-0.2, 0) is 4.74 Å². The minimum atomic E-state index is 0.667. The highest BCUT2D eigenvalue weighted by molar-refractivity contribution is 4.61. The van der Waals surface area contributed by atoms with Crippen LogP contribution in [0.1, 0.15) is 46.5 Å². The number of rotatable bonds is 9. The molecule has 0 heterocycles. The molecule has 0 aromatic carbocycles. The molecule has 0 aromatic heterocycles. The Bertz CT molecular complexity index is 115. The van der Waals surface area contributed by atoms with E-state index >= 15 is 0 Å². The average molecular weight is 201 g/mol. The van der Waals surface area contributed by atoms with Crippen molar-refractivity contribution in [1.29, 1.82) is 0 Å². The van der Waals surface area contributed by atoms with Crippen molar-refractivity contribution < 1.29 is 4.74 Å². The van der Waals surface area contributed by atoms with E-state index in [0.717, 1.165) is 19.1 Å². The summed E-state index contributed by atoms with van der Waals surface area (Å²) in [7, 11) is 1.76. The molecule has 0 spiro atoms. The van der Waals surface area contributed by atoms with E-state index in [-0.39, 0.29) is 0 Å². The van der Waals surface area contributed by atoms with Gasteiger partial charge in [0.2, 0.25) is 0 Å². The minimum Gasteiger partial charge on any atom is -0.385 e. The molecule has 0 rings (SSSR count). The molecule has 0 saturated carbocycles. The molecule has 0 aliphatic carbocycles. The van der Waals surface area contributed by atoms with Crippen molar-refractivity contribution in [2.24, 2.45) is 5.92 Å². The molecule has 14 heavy (non-hydrogen) atoms. The molecule has 2 nitrogen and oxygen atoms in total. The Hall–Kier alpha value is -0.0800. The predicted octanol–water partition coefficient (Wildman–Crippen LogP) is 2.83. The van der Waals surface area contributed by atoms with Crippen LogP contribution in [0.4, 0.5) is 0 Å². The smallest absolute Gasteiger partial charge is 0.0462 e. The quantitative estimate of drug-likeness (QED) is 0.579. The molecule has 0 saturated heterocycles. The zero-order valence-electron chi connectivity index (χ0n) is 10.3. The highest BCUT2D eigenvalue weighted by Gasteiger charge is 2.01. The van der Waals surface area contributed by atoms with Crippen LogP contribution in [0.15, 0.2) is 0 Å². The van der Waals surface area contributed by atoms with E-state index in [9.17, 15) is 0 Å². The van der Waals surface area contributed by atoms with Gasteiger partial charge in [0.05, 0.1) is 0 Å². The molecule has 1 atom stereocenters. The maximum absolute atomic E-state index is 5.00. The van der Waals surface area contributed by atoms with Gasteiger partial charge in [0, 0.05) is 19.8 Å². The Balaban J connectivity index is 3.14. The molecular weight excluding hydrogens is 174 g/mol. The lowest BCUT2D eigenvalue weighted by Gasteiger charge is -2.14. The Kier molecular flexibility index (Phi) is 9.42. The molecule has 0 aliphatic heterocycles. The lowest BCUT2D eigenvalue weighted by Crippen LogP contribution is -2.27. The summed E-state index contributed by atoms with van der Waals surface area (Å²) < 4.78 is 5.00. The maximum Gasteiger partial charge on any atom is 0.0462 e. The van der Waals surface area contributed by atoms with Crippen LogP contribution in [0.3, 0.4) is 0 Å². The van der Waals surface area contributed by atoms with E-state index in [4.69, 9.17) is 4.74 Å². The van der Waals surface area contributed by atoms with Crippen molar-refractivity contribution >= 4 is 0 Å². The van der Waals surface area contributed by atoms with Gasteiger partial charge in [0.1, 0.15) is 0 Å². The molecular formula is C12H27NO. The topological polar surface area (TPSA) is 21.3 Å². The van der Waals surface area contributed by atoms with Gasteiger partial charge in [-0.25, -0.2) is 0 Å². The second kappa shape index (κ2) is 9.47. The van der Waals surface area contributed by atoms with Crippen molar-refractivity contribution in [3.8, 4) is 0 Å². The molecule has 0 aromatic rings. The fraction of sp³-hybridized carbons (Fsp3) is 1.00. The fourth-order valence-electron chi connectivity index (χ4n) is 1.41. The number of hydrogen-bond donors (Lipinski definition) is 1. The molecule has 86 valence electrons. The predicted molar refractivity (Wildman–Crippen MR) is 62.6 cm³/mol. The second-order valence-corrected chi connectivity index (χ2v) is 4.53. The lowest BCUT2D eigenvalue weighted by molar-refractivity contribution is 0.192. The normalized spacial score (nSPS) is 13.5. The maximum atomic E-state index is 5.00. The summed E-state index contributed by atoms with van der Waals surface area (Å²) in [5, 5.41) is 3.54. The third-order valence-electron chi connectivity index (χ3n) is 2.45. The van der Waals surface area contributed by atoms with Gasteiger partial charge in [-0.05, 0) is 45.1 Å². The first-order valence-corrected chi connectivity index (χ1v) is 5.89. The van der Waals surface area contributed by atoms with Gasteiger partial charge in [-0.2, -0.15) is 0 Å².